The van der Waals surface area contributed by atoms with Crippen LogP contribution in [0.4, 0.5) is 0 Å². The second kappa shape index (κ2) is 10.6. The Morgan fingerprint density at radius 2 is 2.12 bits per heavy atom. The van der Waals surface area contributed by atoms with Crippen LogP contribution in [-0.2, 0) is 4.79 Å². The molecule has 1 nitrogen and oxygen atoms in total. The van der Waals surface area contributed by atoms with Gasteiger partial charge in [-0.25, -0.2) is 0 Å². The summed E-state index contributed by atoms with van der Waals surface area (Å²) in [4.78, 5) is 9.68. The van der Waals surface area contributed by atoms with Crippen molar-refractivity contribution in [3.8, 4) is 0 Å². The monoisotopic (exact) mass is 124 g/mol. The SMILES string of the molecule is CCCCCC=O.[H-].[Na+]. The van der Waals surface area contributed by atoms with Crippen LogP contribution in [0.15, 0.2) is 0 Å². The smallest absolute Gasteiger partial charge is 1.00 e. The van der Waals surface area contributed by atoms with Gasteiger partial charge in [-0.3, -0.25) is 0 Å². The van der Waals surface area contributed by atoms with Crippen molar-refractivity contribution < 1.29 is 35.8 Å². The molecule has 0 atom stereocenters. The van der Waals surface area contributed by atoms with Crippen LogP contribution in [-0.4, -0.2) is 6.29 Å². The Balaban J connectivity index is -0.000000180. The van der Waals surface area contributed by atoms with Gasteiger partial charge in [0.1, 0.15) is 6.29 Å². The average molecular weight is 124 g/mol. The molecule has 44 valence electrons. The Bertz CT molecular complexity index is 50.3. The first-order valence-corrected chi connectivity index (χ1v) is 2.85. The van der Waals surface area contributed by atoms with Gasteiger partial charge in [-0.15, -0.1) is 0 Å². The zero-order chi connectivity index (χ0) is 5.54. The summed E-state index contributed by atoms with van der Waals surface area (Å²) in [6.45, 7) is 2.13. The number of rotatable bonds is 4. The van der Waals surface area contributed by atoms with E-state index in [4.69, 9.17) is 0 Å². The van der Waals surface area contributed by atoms with Gasteiger partial charge >= 0.3 is 29.6 Å². The molecule has 0 saturated carbocycles. The molecule has 0 amide bonds. The number of hydrogen-bond acceptors (Lipinski definition) is 1. The van der Waals surface area contributed by atoms with Gasteiger partial charge in [0, 0.05) is 6.42 Å². The summed E-state index contributed by atoms with van der Waals surface area (Å²) < 4.78 is 0. The second-order valence-electron chi connectivity index (χ2n) is 1.66. The second-order valence-corrected chi connectivity index (χ2v) is 1.66. The van der Waals surface area contributed by atoms with Crippen molar-refractivity contribution in [1.82, 2.24) is 0 Å². The van der Waals surface area contributed by atoms with Crippen LogP contribution in [0.3, 0.4) is 0 Å². The molecule has 0 saturated heterocycles. The van der Waals surface area contributed by atoms with E-state index in [9.17, 15) is 4.79 Å². The zero-order valence-corrected chi connectivity index (χ0v) is 7.81. The molecule has 8 heavy (non-hydrogen) atoms. The summed E-state index contributed by atoms with van der Waals surface area (Å²) >= 11 is 0. The molecule has 0 aliphatic heterocycles. The molecule has 0 fully saturated rings. The van der Waals surface area contributed by atoms with E-state index in [1.807, 2.05) is 0 Å². The van der Waals surface area contributed by atoms with Crippen molar-refractivity contribution in [3.05, 3.63) is 0 Å². The summed E-state index contributed by atoms with van der Waals surface area (Å²) in [6.07, 6.45) is 5.19. The third-order valence-corrected chi connectivity index (χ3v) is 0.926. The summed E-state index contributed by atoms with van der Waals surface area (Å²) in [5, 5.41) is 0. The van der Waals surface area contributed by atoms with Gasteiger partial charge in [0.25, 0.3) is 0 Å². The summed E-state index contributed by atoms with van der Waals surface area (Å²) in [6, 6.07) is 0. The van der Waals surface area contributed by atoms with Gasteiger partial charge in [-0.05, 0) is 6.42 Å². The van der Waals surface area contributed by atoms with Crippen LogP contribution < -0.4 is 29.6 Å². The Labute approximate surface area is 74.6 Å². The number of unbranched alkanes of at least 4 members (excludes halogenated alkanes) is 3. The summed E-state index contributed by atoms with van der Waals surface area (Å²) in [7, 11) is 0. The molecular formula is C6H13NaO. The molecule has 0 aromatic carbocycles. The maximum atomic E-state index is 9.68. The van der Waals surface area contributed by atoms with Crippen LogP contribution in [0, 0.1) is 0 Å². The maximum Gasteiger partial charge on any atom is 1.00 e. The molecule has 0 N–H and O–H groups in total. The van der Waals surface area contributed by atoms with Crippen LogP contribution in [0.2, 0.25) is 0 Å². The standard InChI is InChI=1S/C6H12O.Na.H/c1-2-3-4-5-6-7;;/h6H,2-5H2,1H3;;/q;+1;-1. The minimum atomic E-state index is 0. The van der Waals surface area contributed by atoms with Gasteiger partial charge in [0.15, 0.2) is 0 Å². The van der Waals surface area contributed by atoms with Crippen molar-refractivity contribution in [2.75, 3.05) is 0 Å². The molecule has 0 unspecified atom stereocenters. The van der Waals surface area contributed by atoms with Crippen LogP contribution >= 0.6 is 0 Å². The number of hydrogen-bond donors (Lipinski definition) is 0. The Morgan fingerprint density at radius 3 is 2.50 bits per heavy atom. The van der Waals surface area contributed by atoms with Crippen molar-refractivity contribution in [3.63, 3.8) is 0 Å². The fourth-order valence-corrected chi connectivity index (χ4v) is 0.478. The van der Waals surface area contributed by atoms with E-state index in [1.165, 1.54) is 12.8 Å². The Morgan fingerprint density at radius 1 is 1.50 bits per heavy atom. The summed E-state index contributed by atoms with van der Waals surface area (Å²) in [5.74, 6) is 0. The van der Waals surface area contributed by atoms with E-state index in [1.54, 1.807) is 0 Å². The van der Waals surface area contributed by atoms with Crippen molar-refractivity contribution in [1.29, 1.82) is 0 Å². The van der Waals surface area contributed by atoms with E-state index < -0.39 is 0 Å². The molecule has 0 bridgehead atoms. The zero-order valence-electron chi connectivity index (χ0n) is 6.81. The van der Waals surface area contributed by atoms with Crippen molar-refractivity contribution in [2.45, 2.75) is 32.6 Å². The molecule has 0 aromatic rings. The fraction of sp³-hybridized carbons (Fsp3) is 0.833. The van der Waals surface area contributed by atoms with E-state index >= 15 is 0 Å². The van der Waals surface area contributed by atoms with Crippen molar-refractivity contribution in [2.24, 2.45) is 0 Å². The van der Waals surface area contributed by atoms with E-state index in [0.717, 1.165) is 19.1 Å². The van der Waals surface area contributed by atoms with Gasteiger partial charge in [-0.1, -0.05) is 19.8 Å². The first-order valence-electron chi connectivity index (χ1n) is 2.85. The normalized spacial score (nSPS) is 7.62. The van der Waals surface area contributed by atoms with Gasteiger partial charge in [0.2, 0.25) is 0 Å². The third-order valence-electron chi connectivity index (χ3n) is 0.926. The first kappa shape index (κ1) is 11.5. The Kier molecular flexibility index (Phi) is 15.2. The Hall–Kier alpha value is 0.670. The van der Waals surface area contributed by atoms with Crippen LogP contribution in [0.25, 0.3) is 0 Å². The number of carbonyl (C=O) groups is 1. The summed E-state index contributed by atoms with van der Waals surface area (Å²) in [5.41, 5.74) is 0. The number of aldehydes is 1. The van der Waals surface area contributed by atoms with Gasteiger partial charge in [-0.2, -0.15) is 0 Å². The molecule has 0 aliphatic rings. The topological polar surface area (TPSA) is 17.1 Å². The van der Waals surface area contributed by atoms with Gasteiger partial charge in [0.05, 0.1) is 0 Å². The third kappa shape index (κ3) is 9.83. The van der Waals surface area contributed by atoms with E-state index in [2.05, 4.69) is 6.92 Å². The quantitative estimate of drug-likeness (QED) is 0.264. The fourth-order valence-electron chi connectivity index (χ4n) is 0.478. The predicted molar refractivity (Wildman–Crippen MR) is 31.3 cm³/mol. The molecule has 0 radical (unpaired) electrons. The molecule has 0 aliphatic carbocycles. The van der Waals surface area contributed by atoms with Gasteiger partial charge < -0.3 is 6.22 Å². The average Bonchev–Trinajstić information content (AvgIpc) is 1.69. The number of carbonyl (C=O) groups excluding carboxylic acids is 1. The molecular weight excluding hydrogens is 111 g/mol. The largest absolute Gasteiger partial charge is 1.00 e. The van der Waals surface area contributed by atoms with E-state index in [0.29, 0.717) is 0 Å². The van der Waals surface area contributed by atoms with Crippen molar-refractivity contribution >= 4 is 6.29 Å². The van der Waals surface area contributed by atoms with Crippen LogP contribution in [0.5, 0.6) is 0 Å². The predicted octanol–water partition coefficient (Wildman–Crippen LogP) is -1.12. The molecule has 0 spiro atoms. The minimum absolute atomic E-state index is 0. The molecule has 0 rings (SSSR count). The van der Waals surface area contributed by atoms with Crippen LogP contribution in [0.1, 0.15) is 34.0 Å². The first-order chi connectivity index (χ1) is 3.41. The molecule has 0 heterocycles. The molecule has 2 heteroatoms. The maximum absolute atomic E-state index is 9.68. The minimum Gasteiger partial charge on any atom is -1.00 e. The molecule has 0 aromatic heterocycles. The van der Waals surface area contributed by atoms with E-state index in [-0.39, 0.29) is 31.0 Å².